The number of aromatic nitrogens is 1. The van der Waals surface area contributed by atoms with E-state index < -0.39 is 57.3 Å². The van der Waals surface area contributed by atoms with Gasteiger partial charge in [-0.05, 0) is 74.0 Å². The zero-order chi connectivity index (χ0) is 32.6. The Hall–Kier alpha value is -4.65. The van der Waals surface area contributed by atoms with Crippen LogP contribution in [0.1, 0.15) is 35.2 Å². The van der Waals surface area contributed by atoms with Crippen molar-refractivity contribution in [2.75, 3.05) is 49.1 Å². The maximum Gasteiger partial charge on any atom is 0.573 e. The van der Waals surface area contributed by atoms with Gasteiger partial charge in [0, 0.05) is 50.3 Å². The number of piperidine rings is 1. The summed E-state index contributed by atoms with van der Waals surface area (Å²) in [5.74, 6) is -4.12. The minimum atomic E-state index is -5.27. The van der Waals surface area contributed by atoms with Gasteiger partial charge in [0.25, 0.3) is 0 Å². The number of nitrogens with zero attached hydrogens (tertiary/aromatic N) is 4. The molecule has 0 bridgehead atoms. The summed E-state index contributed by atoms with van der Waals surface area (Å²) in [6, 6.07) is 13.4. The molecule has 2 aliphatic rings. The first kappa shape index (κ1) is 31.3. The molecule has 0 atom stereocenters. The highest BCUT2D eigenvalue weighted by Crippen LogP contribution is 2.42. The average Bonchev–Trinajstić information content (AvgIpc) is 3.02. The number of benzene rings is 3. The Labute approximate surface area is 260 Å². The van der Waals surface area contributed by atoms with Crippen LogP contribution in [-0.4, -0.2) is 66.2 Å². The molecule has 46 heavy (non-hydrogen) atoms. The van der Waals surface area contributed by atoms with Crippen molar-refractivity contribution in [3.63, 3.8) is 0 Å². The molecule has 6 rings (SSSR count). The van der Waals surface area contributed by atoms with E-state index >= 15 is 4.39 Å². The molecule has 8 nitrogen and oxygen atoms in total. The van der Waals surface area contributed by atoms with Crippen LogP contribution in [0.4, 0.5) is 33.3 Å². The maximum absolute atomic E-state index is 15.9. The predicted octanol–water partition coefficient (Wildman–Crippen LogP) is 6.18. The Balaban J connectivity index is 1.49. The molecule has 3 heterocycles. The Morgan fingerprint density at radius 3 is 2.17 bits per heavy atom. The lowest BCUT2D eigenvalue weighted by molar-refractivity contribution is -0.274. The fourth-order valence-corrected chi connectivity index (χ4v) is 6.30. The van der Waals surface area contributed by atoms with E-state index in [0.717, 1.165) is 50.2 Å². The molecule has 1 N–H and O–H groups in total. The van der Waals surface area contributed by atoms with Crippen LogP contribution in [0, 0.1) is 11.6 Å². The van der Waals surface area contributed by atoms with Crippen LogP contribution in [0.15, 0.2) is 65.6 Å². The van der Waals surface area contributed by atoms with Gasteiger partial charge in [-0.2, -0.15) is 0 Å². The highest BCUT2D eigenvalue weighted by atomic mass is 19.4. The van der Waals surface area contributed by atoms with Crippen molar-refractivity contribution in [1.82, 2.24) is 9.47 Å². The number of pyridine rings is 1. The van der Waals surface area contributed by atoms with Gasteiger partial charge in [0.2, 0.25) is 5.43 Å². The van der Waals surface area contributed by atoms with Gasteiger partial charge in [-0.3, -0.25) is 9.69 Å². The number of aromatic carboxylic acids is 1. The molecule has 13 heteroatoms. The summed E-state index contributed by atoms with van der Waals surface area (Å²) in [5, 5.41) is 9.26. The van der Waals surface area contributed by atoms with Crippen LogP contribution < -0.4 is 20.0 Å². The number of alkyl halides is 3. The number of carboxylic acids is 1. The first-order chi connectivity index (χ1) is 22.0. The third-order valence-electron chi connectivity index (χ3n) is 8.45. The van der Waals surface area contributed by atoms with Gasteiger partial charge in [0.1, 0.15) is 22.6 Å². The largest absolute Gasteiger partial charge is 0.573 e. The lowest BCUT2D eigenvalue weighted by Gasteiger charge is -2.38. The first-order valence-corrected chi connectivity index (χ1v) is 15.0. The third kappa shape index (κ3) is 6.50. The predicted molar refractivity (Wildman–Crippen MR) is 163 cm³/mol. The molecule has 0 radical (unpaired) electrons. The SMILES string of the molecule is O=C(O)c1cn(-c2cccc(CN3CCCCC3)c2)c2c(OC(F)(F)F)c(N3CCN(c4ccc(F)cc4)CC3)c(F)cc2c1=O. The maximum atomic E-state index is 15.9. The normalized spacial score (nSPS) is 16.2. The standard InChI is InChI=1S/C33H31F5N4O4/c34-22-7-9-23(10-8-22)40-13-15-41(16-14-40)29-27(35)18-25-28(31(29)46-33(36,37)38)42(20-26(30(25)43)32(44)45)24-6-4-5-21(17-24)19-39-11-2-1-3-12-39/h4-10,17-18,20H,1-3,11-16,19H2,(H,44,45). The molecule has 2 aliphatic heterocycles. The van der Waals surface area contributed by atoms with Crippen molar-refractivity contribution in [1.29, 1.82) is 0 Å². The van der Waals surface area contributed by atoms with Crippen molar-refractivity contribution >= 4 is 28.2 Å². The number of ether oxygens (including phenoxy) is 1. The number of carbonyl (C=O) groups is 1. The highest BCUT2D eigenvalue weighted by molar-refractivity contribution is 5.98. The lowest BCUT2D eigenvalue weighted by Crippen LogP contribution is -2.47. The van der Waals surface area contributed by atoms with Crippen molar-refractivity contribution in [2.45, 2.75) is 32.2 Å². The highest BCUT2D eigenvalue weighted by Gasteiger charge is 2.37. The van der Waals surface area contributed by atoms with E-state index in [-0.39, 0.29) is 31.9 Å². The van der Waals surface area contributed by atoms with Crippen LogP contribution in [0.25, 0.3) is 16.6 Å². The molecule has 2 fully saturated rings. The number of hydrogen-bond acceptors (Lipinski definition) is 6. The summed E-state index contributed by atoms with van der Waals surface area (Å²) in [4.78, 5) is 31.0. The molecular formula is C33H31F5N4O4. The molecule has 0 saturated carbocycles. The van der Waals surface area contributed by atoms with E-state index in [1.807, 2.05) is 11.0 Å². The molecule has 2 saturated heterocycles. The number of carboxylic acid groups (broad SMARTS) is 1. The van der Waals surface area contributed by atoms with E-state index in [1.165, 1.54) is 21.6 Å². The van der Waals surface area contributed by atoms with E-state index in [9.17, 15) is 32.3 Å². The topological polar surface area (TPSA) is 78.2 Å². The number of piperazine rings is 1. The summed E-state index contributed by atoms with van der Waals surface area (Å²) in [6.45, 7) is 3.08. The number of rotatable bonds is 7. The first-order valence-electron chi connectivity index (χ1n) is 15.0. The average molecular weight is 643 g/mol. The zero-order valence-electron chi connectivity index (χ0n) is 24.7. The molecular weight excluding hydrogens is 611 g/mol. The Kier molecular flexibility index (Phi) is 8.60. The van der Waals surface area contributed by atoms with E-state index in [1.54, 1.807) is 30.3 Å². The monoisotopic (exact) mass is 642 g/mol. The summed E-state index contributed by atoms with van der Waals surface area (Å²) < 4.78 is 77.2. The van der Waals surface area contributed by atoms with Crippen LogP contribution in [0.2, 0.25) is 0 Å². The molecule has 1 aromatic heterocycles. The molecule has 0 spiro atoms. The van der Waals surface area contributed by atoms with Crippen molar-refractivity contribution < 1.29 is 36.6 Å². The van der Waals surface area contributed by atoms with Crippen LogP contribution >= 0.6 is 0 Å². The zero-order valence-corrected chi connectivity index (χ0v) is 24.7. The van der Waals surface area contributed by atoms with Gasteiger partial charge >= 0.3 is 12.3 Å². The minimum Gasteiger partial charge on any atom is -0.477 e. The second kappa shape index (κ2) is 12.6. The van der Waals surface area contributed by atoms with Crippen LogP contribution in [0.5, 0.6) is 5.75 Å². The number of anilines is 2. The summed E-state index contributed by atoms with van der Waals surface area (Å²) in [5.41, 5.74) is -0.947. The Morgan fingerprint density at radius 1 is 0.848 bits per heavy atom. The molecule has 242 valence electrons. The van der Waals surface area contributed by atoms with Gasteiger partial charge in [0.05, 0.1) is 5.39 Å². The van der Waals surface area contributed by atoms with Gasteiger partial charge in [0.15, 0.2) is 11.6 Å². The van der Waals surface area contributed by atoms with Gasteiger partial charge in [-0.25, -0.2) is 13.6 Å². The number of hydrogen-bond donors (Lipinski definition) is 1. The van der Waals surface area contributed by atoms with E-state index in [4.69, 9.17) is 0 Å². The Morgan fingerprint density at radius 2 is 1.52 bits per heavy atom. The van der Waals surface area contributed by atoms with E-state index in [0.29, 0.717) is 12.2 Å². The van der Waals surface area contributed by atoms with Crippen molar-refractivity contribution in [3.05, 3.63) is 93.8 Å². The fraction of sp³-hybridized carbons (Fsp3) is 0.333. The third-order valence-corrected chi connectivity index (χ3v) is 8.45. The number of fused-ring (bicyclic) bond motifs is 1. The van der Waals surface area contributed by atoms with Gasteiger partial charge < -0.3 is 24.2 Å². The van der Waals surface area contributed by atoms with Crippen molar-refractivity contribution in [2.24, 2.45) is 0 Å². The smallest absolute Gasteiger partial charge is 0.477 e. The summed E-state index contributed by atoms with van der Waals surface area (Å²) in [6.07, 6.45) is -1.06. The van der Waals surface area contributed by atoms with Gasteiger partial charge in [-0.1, -0.05) is 18.6 Å². The Bertz CT molecular complexity index is 1810. The second-order valence-electron chi connectivity index (χ2n) is 11.5. The fourth-order valence-electron chi connectivity index (χ4n) is 6.30. The second-order valence-corrected chi connectivity index (χ2v) is 11.5. The number of likely N-dealkylation sites (tertiary alicyclic amines) is 1. The van der Waals surface area contributed by atoms with E-state index in [2.05, 4.69) is 9.64 Å². The molecule has 0 unspecified atom stereocenters. The van der Waals surface area contributed by atoms with Crippen molar-refractivity contribution in [3.8, 4) is 11.4 Å². The van der Waals surface area contributed by atoms with Crippen LogP contribution in [-0.2, 0) is 6.54 Å². The summed E-state index contributed by atoms with van der Waals surface area (Å²) >= 11 is 0. The quantitative estimate of drug-likeness (QED) is 0.242. The molecule has 0 aliphatic carbocycles. The minimum absolute atomic E-state index is 0.0801. The molecule has 4 aromatic rings. The van der Waals surface area contributed by atoms with Gasteiger partial charge in [-0.15, -0.1) is 13.2 Å². The molecule has 3 aromatic carbocycles. The number of halogens is 5. The summed E-state index contributed by atoms with van der Waals surface area (Å²) in [7, 11) is 0. The lowest BCUT2D eigenvalue weighted by atomic mass is 10.1. The van der Waals surface area contributed by atoms with Crippen LogP contribution in [0.3, 0.4) is 0 Å². The molecule has 0 amide bonds.